The standard InChI is InChI=1S/C22H23N9O3/c32-11-8-31-21-18(28-29-31)20(30-9-12-34-13-10-30)26-19(27-21)15-3-5-16(6-4-15)24-22(33)25-17-2-1-7-23-14-17/h1-7,14,32H,8-13H2,(H2,24,25,33). The average Bonchev–Trinajstić information content (AvgIpc) is 3.28. The first kappa shape index (κ1) is 21.7. The van der Waals surface area contributed by atoms with Crippen molar-refractivity contribution < 1.29 is 14.6 Å². The van der Waals surface area contributed by atoms with Gasteiger partial charge in [0.25, 0.3) is 0 Å². The molecular formula is C22H23N9O3. The minimum atomic E-state index is -0.369. The van der Waals surface area contributed by atoms with E-state index in [1.807, 2.05) is 12.1 Å². The van der Waals surface area contributed by atoms with E-state index in [1.54, 1.807) is 41.3 Å². The van der Waals surface area contributed by atoms with Crippen LogP contribution < -0.4 is 15.5 Å². The maximum Gasteiger partial charge on any atom is 0.323 e. The van der Waals surface area contributed by atoms with Crippen molar-refractivity contribution in [1.82, 2.24) is 29.9 Å². The topological polar surface area (TPSA) is 143 Å². The number of aliphatic hydroxyl groups excluding tert-OH is 1. The average molecular weight is 461 g/mol. The van der Waals surface area contributed by atoms with Gasteiger partial charge >= 0.3 is 6.03 Å². The number of rotatable bonds is 6. The number of amides is 2. The summed E-state index contributed by atoms with van der Waals surface area (Å²) in [6, 6.07) is 10.4. The number of hydrogen-bond acceptors (Lipinski definition) is 9. The molecule has 0 atom stereocenters. The number of anilines is 3. The summed E-state index contributed by atoms with van der Waals surface area (Å²) in [6.07, 6.45) is 3.21. The predicted molar refractivity (Wildman–Crippen MR) is 126 cm³/mol. The molecule has 0 radical (unpaired) electrons. The molecule has 0 spiro atoms. The van der Waals surface area contributed by atoms with Crippen molar-refractivity contribution in [3.63, 3.8) is 0 Å². The van der Waals surface area contributed by atoms with Gasteiger partial charge in [0.05, 0.1) is 38.2 Å². The molecule has 1 fully saturated rings. The van der Waals surface area contributed by atoms with E-state index >= 15 is 0 Å². The predicted octanol–water partition coefficient (Wildman–Crippen LogP) is 1.76. The van der Waals surface area contributed by atoms with Crippen LogP contribution in [0.1, 0.15) is 0 Å². The Bertz CT molecular complexity index is 1270. The number of fused-ring (bicyclic) bond motifs is 1. The van der Waals surface area contributed by atoms with Gasteiger partial charge in [-0.25, -0.2) is 19.4 Å². The first-order chi connectivity index (χ1) is 16.7. The van der Waals surface area contributed by atoms with E-state index < -0.39 is 0 Å². The zero-order valence-electron chi connectivity index (χ0n) is 18.3. The fraction of sp³-hybridized carbons (Fsp3) is 0.273. The molecule has 174 valence electrons. The second-order valence-corrected chi connectivity index (χ2v) is 7.58. The Balaban J connectivity index is 1.41. The molecule has 4 aromatic rings. The van der Waals surface area contributed by atoms with Gasteiger partial charge in [0.1, 0.15) is 0 Å². The summed E-state index contributed by atoms with van der Waals surface area (Å²) < 4.78 is 7.04. The molecular weight excluding hydrogens is 438 g/mol. The van der Waals surface area contributed by atoms with E-state index in [-0.39, 0.29) is 19.2 Å². The summed E-state index contributed by atoms with van der Waals surface area (Å²) in [4.78, 5) is 27.8. The van der Waals surface area contributed by atoms with Crippen LogP contribution in [0.4, 0.5) is 22.0 Å². The number of aromatic nitrogens is 6. The Morgan fingerprint density at radius 2 is 1.85 bits per heavy atom. The molecule has 34 heavy (non-hydrogen) atoms. The monoisotopic (exact) mass is 461 g/mol. The van der Waals surface area contributed by atoms with E-state index in [4.69, 9.17) is 9.72 Å². The maximum absolute atomic E-state index is 12.2. The van der Waals surface area contributed by atoms with Crippen molar-refractivity contribution >= 4 is 34.4 Å². The van der Waals surface area contributed by atoms with Crippen molar-refractivity contribution in [2.24, 2.45) is 0 Å². The third-order valence-electron chi connectivity index (χ3n) is 5.29. The maximum atomic E-state index is 12.2. The Hall–Kier alpha value is -4.16. The number of carbonyl (C=O) groups excluding carboxylic acids is 1. The fourth-order valence-electron chi connectivity index (χ4n) is 3.64. The highest BCUT2D eigenvalue weighted by molar-refractivity contribution is 5.99. The van der Waals surface area contributed by atoms with Crippen LogP contribution in [0, 0.1) is 0 Å². The number of hydrogen-bond donors (Lipinski definition) is 3. The van der Waals surface area contributed by atoms with Crippen LogP contribution in [0.3, 0.4) is 0 Å². The SMILES string of the molecule is O=C(Nc1ccc(-c2nc(N3CCOCC3)c3nnn(CCO)c3n2)cc1)Nc1cccnc1. The third kappa shape index (κ3) is 4.63. The molecule has 2 amide bonds. The van der Waals surface area contributed by atoms with Gasteiger partial charge < -0.3 is 25.4 Å². The largest absolute Gasteiger partial charge is 0.394 e. The van der Waals surface area contributed by atoms with Crippen molar-refractivity contribution in [2.75, 3.05) is 48.4 Å². The first-order valence-electron chi connectivity index (χ1n) is 10.8. The van der Waals surface area contributed by atoms with Crippen LogP contribution in [0.2, 0.25) is 0 Å². The van der Waals surface area contributed by atoms with Gasteiger partial charge in [-0.3, -0.25) is 4.98 Å². The van der Waals surface area contributed by atoms with E-state index in [0.717, 1.165) is 5.56 Å². The lowest BCUT2D eigenvalue weighted by Crippen LogP contribution is -2.37. The number of aliphatic hydroxyl groups is 1. The molecule has 0 saturated carbocycles. The number of nitrogens with zero attached hydrogens (tertiary/aromatic N) is 7. The molecule has 1 aliphatic heterocycles. The number of pyridine rings is 1. The lowest BCUT2D eigenvalue weighted by atomic mass is 10.2. The summed E-state index contributed by atoms with van der Waals surface area (Å²) in [5.41, 5.74) is 3.13. The summed E-state index contributed by atoms with van der Waals surface area (Å²) >= 11 is 0. The van der Waals surface area contributed by atoms with Gasteiger partial charge in [0.2, 0.25) is 0 Å². The number of benzene rings is 1. The van der Waals surface area contributed by atoms with Crippen LogP contribution in [-0.2, 0) is 11.3 Å². The van der Waals surface area contributed by atoms with E-state index in [9.17, 15) is 9.90 Å². The Morgan fingerprint density at radius 1 is 1.06 bits per heavy atom. The lowest BCUT2D eigenvalue weighted by molar-refractivity contribution is 0.122. The second-order valence-electron chi connectivity index (χ2n) is 7.58. The Kier molecular flexibility index (Phi) is 6.23. The van der Waals surface area contributed by atoms with Gasteiger partial charge in [-0.05, 0) is 36.4 Å². The number of carbonyl (C=O) groups is 1. The zero-order chi connectivity index (χ0) is 23.3. The van der Waals surface area contributed by atoms with Crippen molar-refractivity contribution in [3.8, 4) is 11.4 Å². The molecule has 5 rings (SSSR count). The smallest absolute Gasteiger partial charge is 0.323 e. The van der Waals surface area contributed by atoms with E-state index in [0.29, 0.717) is 60.5 Å². The van der Waals surface area contributed by atoms with Crippen LogP contribution in [-0.4, -0.2) is 74.0 Å². The van der Waals surface area contributed by atoms with Crippen molar-refractivity contribution in [2.45, 2.75) is 6.54 Å². The van der Waals surface area contributed by atoms with Crippen molar-refractivity contribution in [3.05, 3.63) is 48.8 Å². The molecule has 0 aliphatic carbocycles. The Morgan fingerprint density at radius 3 is 2.59 bits per heavy atom. The minimum Gasteiger partial charge on any atom is -0.394 e. The highest BCUT2D eigenvalue weighted by Crippen LogP contribution is 2.27. The molecule has 1 aromatic carbocycles. The quantitative estimate of drug-likeness (QED) is 0.391. The van der Waals surface area contributed by atoms with E-state index in [1.165, 1.54) is 0 Å². The number of urea groups is 1. The molecule has 0 unspecified atom stereocenters. The van der Waals surface area contributed by atoms with Gasteiger partial charge in [-0.15, -0.1) is 5.10 Å². The first-order valence-corrected chi connectivity index (χ1v) is 10.8. The van der Waals surface area contributed by atoms with Crippen LogP contribution in [0.15, 0.2) is 48.8 Å². The van der Waals surface area contributed by atoms with Crippen LogP contribution in [0.5, 0.6) is 0 Å². The number of ether oxygens (including phenoxy) is 1. The molecule has 3 aromatic heterocycles. The van der Waals surface area contributed by atoms with Crippen molar-refractivity contribution in [1.29, 1.82) is 0 Å². The molecule has 12 heteroatoms. The zero-order valence-corrected chi connectivity index (χ0v) is 18.3. The molecule has 3 N–H and O–H groups in total. The van der Waals surface area contributed by atoms with Gasteiger partial charge in [-0.2, -0.15) is 0 Å². The minimum absolute atomic E-state index is 0.0772. The Labute approximate surface area is 194 Å². The summed E-state index contributed by atoms with van der Waals surface area (Å²) in [5, 5.41) is 23.3. The van der Waals surface area contributed by atoms with E-state index in [2.05, 4.69) is 35.8 Å². The summed E-state index contributed by atoms with van der Waals surface area (Å²) in [6.45, 7) is 2.79. The summed E-state index contributed by atoms with van der Waals surface area (Å²) in [7, 11) is 0. The van der Waals surface area contributed by atoms with Gasteiger partial charge in [0.15, 0.2) is 22.8 Å². The van der Waals surface area contributed by atoms with Crippen LogP contribution >= 0.6 is 0 Å². The van der Waals surface area contributed by atoms with Gasteiger partial charge in [-0.1, -0.05) is 5.21 Å². The fourth-order valence-corrected chi connectivity index (χ4v) is 3.64. The second kappa shape index (κ2) is 9.77. The number of morpholine rings is 1. The molecule has 4 heterocycles. The molecule has 1 aliphatic rings. The highest BCUT2D eigenvalue weighted by atomic mass is 16.5. The lowest BCUT2D eigenvalue weighted by Gasteiger charge is -2.28. The van der Waals surface area contributed by atoms with Crippen LogP contribution in [0.25, 0.3) is 22.6 Å². The van der Waals surface area contributed by atoms with Gasteiger partial charge in [0, 0.05) is 30.5 Å². The normalized spacial score (nSPS) is 13.7. The number of nitrogens with one attached hydrogen (secondary N) is 2. The third-order valence-corrected chi connectivity index (χ3v) is 5.29. The molecule has 1 saturated heterocycles. The summed E-state index contributed by atoms with van der Waals surface area (Å²) in [5.74, 6) is 1.19. The molecule has 0 bridgehead atoms. The molecule has 12 nitrogen and oxygen atoms in total. The highest BCUT2D eigenvalue weighted by Gasteiger charge is 2.22.